The summed E-state index contributed by atoms with van der Waals surface area (Å²) in [6.45, 7) is 0. The van der Waals surface area contributed by atoms with E-state index in [4.69, 9.17) is 21.0 Å². The number of halogens is 1. The van der Waals surface area contributed by atoms with Gasteiger partial charge >= 0.3 is 0 Å². The predicted molar refractivity (Wildman–Crippen MR) is 85.4 cm³/mol. The first-order valence-electron chi connectivity index (χ1n) is 7.00. The molecule has 3 aromatic rings. The first kappa shape index (κ1) is 13.2. The summed E-state index contributed by atoms with van der Waals surface area (Å²) in [6, 6.07) is 7.53. The van der Waals surface area contributed by atoms with Gasteiger partial charge in [-0.05, 0) is 48.4 Å². The lowest BCUT2D eigenvalue weighted by Gasteiger charge is -2.21. The van der Waals surface area contributed by atoms with Crippen LogP contribution in [-0.4, -0.2) is 26.0 Å². The van der Waals surface area contributed by atoms with Gasteiger partial charge in [-0.15, -0.1) is 0 Å². The average molecular weight is 320 g/mol. The summed E-state index contributed by atoms with van der Waals surface area (Å²) in [6.07, 6.45) is 4.17. The molecule has 0 spiro atoms. The zero-order valence-electron chi connectivity index (χ0n) is 11.3. The van der Waals surface area contributed by atoms with Gasteiger partial charge in [-0.3, -0.25) is 0 Å². The highest BCUT2D eigenvalue weighted by atomic mass is 35.5. The number of rotatable bonds is 2. The van der Waals surface area contributed by atoms with Crippen LogP contribution >= 0.6 is 23.4 Å². The van der Waals surface area contributed by atoms with Crippen LogP contribution in [0.3, 0.4) is 0 Å². The SMILES string of the molecule is Clc1ccc(-n2c(C3CCCSC3)nc3cccnc32)o1. The normalized spacial score (nSPS) is 19.2. The maximum absolute atomic E-state index is 5.94. The number of fused-ring (bicyclic) bond motifs is 1. The van der Waals surface area contributed by atoms with E-state index in [1.807, 2.05) is 34.5 Å². The first-order chi connectivity index (χ1) is 10.3. The van der Waals surface area contributed by atoms with Crippen LogP contribution in [0.5, 0.6) is 0 Å². The zero-order chi connectivity index (χ0) is 14.2. The van der Waals surface area contributed by atoms with E-state index in [1.165, 1.54) is 12.2 Å². The van der Waals surface area contributed by atoms with Crippen molar-refractivity contribution in [2.45, 2.75) is 18.8 Å². The van der Waals surface area contributed by atoms with Crippen molar-refractivity contribution >= 4 is 34.5 Å². The van der Waals surface area contributed by atoms with E-state index in [2.05, 4.69) is 4.98 Å². The molecule has 4 rings (SSSR count). The molecule has 0 aliphatic carbocycles. The maximum Gasteiger partial charge on any atom is 0.208 e. The molecule has 1 atom stereocenters. The van der Waals surface area contributed by atoms with E-state index in [-0.39, 0.29) is 0 Å². The second-order valence-electron chi connectivity index (χ2n) is 5.14. The molecule has 0 saturated carbocycles. The Hall–Kier alpha value is -1.46. The molecule has 21 heavy (non-hydrogen) atoms. The van der Waals surface area contributed by atoms with Crippen LogP contribution in [0.4, 0.5) is 0 Å². The van der Waals surface area contributed by atoms with Crippen molar-refractivity contribution in [2.75, 3.05) is 11.5 Å². The quantitative estimate of drug-likeness (QED) is 0.707. The van der Waals surface area contributed by atoms with Gasteiger partial charge < -0.3 is 4.42 Å². The third-order valence-corrected chi connectivity index (χ3v) is 5.17. The molecule has 0 amide bonds. The minimum atomic E-state index is 0.381. The Bertz CT molecular complexity index is 776. The Morgan fingerprint density at radius 1 is 1.33 bits per heavy atom. The van der Waals surface area contributed by atoms with Crippen LogP contribution in [-0.2, 0) is 0 Å². The van der Waals surface area contributed by atoms with E-state index in [0.29, 0.717) is 17.0 Å². The van der Waals surface area contributed by atoms with Crippen molar-refractivity contribution in [3.8, 4) is 5.88 Å². The molecule has 3 aromatic heterocycles. The lowest BCUT2D eigenvalue weighted by Crippen LogP contribution is -2.14. The summed E-state index contributed by atoms with van der Waals surface area (Å²) in [4.78, 5) is 9.28. The van der Waals surface area contributed by atoms with Gasteiger partial charge in [-0.25, -0.2) is 14.5 Å². The summed E-state index contributed by atoms with van der Waals surface area (Å²) in [5.41, 5.74) is 1.73. The average Bonchev–Trinajstić information content (AvgIpc) is 3.11. The lowest BCUT2D eigenvalue weighted by atomic mass is 10.0. The third-order valence-electron chi connectivity index (χ3n) is 3.75. The Morgan fingerprint density at radius 2 is 2.29 bits per heavy atom. The van der Waals surface area contributed by atoms with E-state index in [9.17, 15) is 0 Å². The van der Waals surface area contributed by atoms with Gasteiger partial charge in [0.15, 0.2) is 10.9 Å². The molecule has 1 saturated heterocycles. The molecule has 1 aliphatic rings. The molecule has 6 heteroatoms. The highest BCUT2D eigenvalue weighted by Crippen LogP contribution is 2.34. The van der Waals surface area contributed by atoms with Gasteiger partial charge in [0.05, 0.1) is 0 Å². The summed E-state index contributed by atoms with van der Waals surface area (Å²) < 4.78 is 7.62. The predicted octanol–water partition coefficient (Wildman–Crippen LogP) is 4.28. The molecule has 108 valence electrons. The van der Waals surface area contributed by atoms with Crippen LogP contribution in [0.1, 0.15) is 24.6 Å². The van der Waals surface area contributed by atoms with Gasteiger partial charge in [0.2, 0.25) is 5.88 Å². The van der Waals surface area contributed by atoms with Crippen molar-refractivity contribution in [1.82, 2.24) is 14.5 Å². The lowest BCUT2D eigenvalue weighted by molar-refractivity contribution is 0.524. The minimum absolute atomic E-state index is 0.381. The monoisotopic (exact) mass is 319 g/mol. The van der Waals surface area contributed by atoms with Crippen molar-refractivity contribution < 1.29 is 4.42 Å². The number of pyridine rings is 1. The van der Waals surface area contributed by atoms with Gasteiger partial charge in [0.1, 0.15) is 11.3 Å². The molecule has 1 aliphatic heterocycles. The summed E-state index contributed by atoms with van der Waals surface area (Å²) in [5, 5.41) is 0.381. The fraction of sp³-hybridized carbons (Fsp3) is 0.333. The molecule has 1 fully saturated rings. The molecule has 4 nitrogen and oxygen atoms in total. The molecule has 0 radical (unpaired) electrons. The zero-order valence-corrected chi connectivity index (χ0v) is 12.9. The van der Waals surface area contributed by atoms with E-state index in [0.717, 1.165) is 29.2 Å². The van der Waals surface area contributed by atoms with E-state index < -0.39 is 0 Å². The number of aromatic nitrogens is 3. The van der Waals surface area contributed by atoms with Crippen molar-refractivity contribution in [1.29, 1.82) is 0 Å². The number of furan rings is 1. The second-order valence-corrected chi connectivity index (χ2v) is 6.67. The van der Waals surface area contributed by atoms with E-state index in [1.54, 1.807) is 12.3 Å². The van der Waals surface area contributed by atoms with Crippen molar-refractivity contribution in [3.63, 3.8) is 0 Å². The van der Waals surface area contributed by atoms with Crippen LogP contribution < -0.4 is 0 Å². The van der Waals surface area contributed by atoms with Crippen LogP contribution in [0.25, 0.3) is 17.0 Å². The number of nitrogens with zero attached hydrogens (tertiary/aromatic N) is 3. The fourth-order valence-corrected chi connectivity index (χ4v) is 4.07. The topological polar surface area (TPSA) is 43.9 Å². The summed E-state index contributed by atoms with van der Waals surface area (Å²) in [7, 11) is 0. The van der Waals surface area contributed by atoms with Crippen LogP contribution in [0.2, 0.25) is 5.22 Å². The first-order valence-corrected chi connectivity index (χ1v) is 8.53. The van der Waals surface area contributed by atoms with Crippen LogP contribution in [0, 0.1) is 0 Å². The molecular weight excluding hydrogens is 306 g/mol. The summed E-state index contributed by atoms with van der Waals surface area (Å²) >= 11 is 7.93. The Kier molecular flexibility index (Phi) is 3.39. The molecular formula is C15H14ClN3OS. The van der Waals surface area contributed by atoms with Gasteiger partial charge in [-0.1, -0.05) is 0 Å². The van der Waals surface area contributed by atoms with Gasteiger partial charge in [0.25, 0.3) is 0 Å². The van der Waals surface area contributed by atoms with Crippen molar-refractivity contribution in [2.24, 2.45) is 0 Å². The number of hydrogen-bond donors (Lipinski definition) is 0. The Morgan fingerprint density at radius 3 is 3.05 bits per heavy atom. The maximum atomic E-state index is 5.94. The highest BCUT2D eigenvalue weighted by molar-refractivity contribution is 7.99. The number of imidazole rings is 1. The second kappa shape index (κ2) is 5.39. The Labute approximate surface area is 131 Å². The smallest absolute Gasteiger partial charge is 0.208 e. The molecule has 0 N–H and O–H groups in total. The molecule has 1 unspecified atom stereocenters. The fourth-order valence-electron chi connectivity index (χ4n) is 2.79. The van der Waals surface area contributed by atoms with Crippen molar-refractivity contribution in [3.05, 3.63) is 41.5 Å². The summed E-state index contributed by atoms with van der Waals surface area (Å²) in [5.74, 6) is 4.48. The highest BCUT2D eigenvalue weighted by Gasteiger charge is 2.25. The van der Waals surface area contributed by atoms with Crippen LogP contribution in [0.15, 0.2) is 34.9 Å². The van der Waals surface area contributed by atoms with Gasteiger partial charge in [-0.2, -0.15) is 11.8 Å². The largest absolute Gasteiger partial charge is 0.428 e. The standard InChI is InChI=1S/C15H14ClN3OS/c16-12-5-6-13(20-12)19-14(10-3-2-8-21-9-10)18-11-4-1-7-17-15(11)19/h1,4-7,10H,2-3,8-9H2. The molecule has 0 aromatic carbocycles. The number of thioether (sulfide) groups is 1. The molecule has 0 bridgehead atoms. The minimum Gasteiger partial charge on any atom is -0.428 e. The van der Waals surface area contributed by atoms with Gasteiger partial charge in [0, 0.05) is 23.9 Å². The Balaban J connectivity index is 1.92. The molecule has 4 heterocycles. The van der Waals surface area contributed by atoms with E-state index >= 15 is 0 Å². The third kappa shape index (κ3) is 2.34. The number of hydrogen-bond acceptors (Lipinski definition) is 4.